The Morgan fingerprint density at radius 1 is 1.16 bits per heavy atom. The van der Waals surface area contributed by atoms with E-state index in [0.717, 1.165) is 12.1 Å². The molecule has 0 radical (unpaired) electrons. The molecule has 0 saturated heterocycles. The van der Waals surface area contributed by atoms with E-state index < -0.39 is 12.9 Å². The lowest BCUT2D eigenvalue weighted by atomic mass is 9.79. The largest absolute Gasteiger partial charge is 0.494 e. The van der Waals surface area contributed by atoms with Crippen molar-refractivity contribution in [3.8, 4) is 5.75 Å². The van der Waals surface area contributed by atoms with Crippen LogP contribution in [0.3, 0.4) is 0 Å². The molecule has 0 bridgehead atoms. The molecular formula is C12H18BFO5. The molecule has 2 N–H and O–H groups in total. The molecule has 0 spiro atoms. The number of ether oxygens (including phenoxy) is 3. The smallest absolute Gasteiger partial charge is 0.492 e. The molecule has 1 aromatic rings. The first-order valence-corrected chi connectivity index (χ1v) is 6.00. The van der Waals surface area contributed by atoms with Crippen molar-refractivity contribution in [3.63, 3.8) is 0 Å². The van der Waals surface area contributed by atoms with Crippen LogP contribution < -0.4 is 10.2 Å². The Labute approximate surface area is 112 Å². The molecule has 5 nitrogen and oxygen atoms in total. The molecule has 0 fully saturated rings. The van der Waals surface area contributed by atoms with E-state index in [1.54, 1.807) is 7.11 Å². The van der Waals surface area contributed by atoms with E-state index in [-0.39, 0.29) is 11.2 Å². The van der Waals surface area contributed by atoms with Crippen molar-refractivity contribution in [2.24, 2.45) is 0 Å². The number of methoxy groups -OCH3 is 1. The van der Waals surface area contributed by atoms with Crippen LogP contribution in [0.1, 0.15) is 6.42 Å². The maximum Gasteiger partial charge on any atom is 0.492 e. The van der Waals surface area contributed by atoms with Gasteiger partial charge in [-0.1, -0.05) is 6.07 Å². The second-order valence-corrected chi connectivity index (χ2v) is 3.86. The third-order valence-corrected chi connectivity index (χ3v) is 2.38. The minimum absolute atomic E-state index is 0.131. The predicted molar refractivity (Wildman–Crippen MR) is 69.0 cm³/mol. The van der Waals surface area contributed by atoms with Crippen LogP contribution in [0.5, 0.6) is 5.75 Å². The molecule has 0 amide bonds. The standard InChI is InChI=1S/C12H18BFO5/c1-17-7-8-18-5-2-6-19-12-9-10(14)3-4-11(12)13(15)16/h3-4,9,15-16H,2,5-8H2,1H3. The molecule has 106 valence electrons. The van der Waals surface area contributed by atoms with Gasteiger partial charge in [-0.3, -0.25) is 0 Å². The average Bonchev–Trinajstić information content (AvgIpc) is 2.37. The summed E-state index contributed by atoms with van der Waals surface area (Å²) >= 11 is 0. The third kappa shape index (κ3) is 6.02. The summed E-state index contributed by atoms with van der Waals surface area (Å²) in [7, 11) is -0.0911. The summed E-state index contributed by atoms with van der Waals surface area (Å²) in [6.07, 6.45) is 0.612. The summed E-state index contributed by atoms with van der Waals surface area (Å²) in [5, 5.41) is 18.2. The molecule has 0 aliphatic rings. The van der Waals surface area contributed by atoms with E-state index >= 15 is 0 Å². The molecule has 0 unspecified atom stereocenters. The molecule has 0 heterocycles. The summed E-state index contributed by atoms with van der Waals surface area (Å²) in [6.45, 7) is 1.84. The summed E-state index contributed by atoms with van der Waals surface area (Å²) in [4.78, 5) is 0. The van der Waals surface area contributed by atoms with E-state index in [9.17, 15) is 4.39 Å². The maximum absolute atomic E-state index is 13.0. The van der Waals surface area contributed by atoms with Gasteiger partial charge in [0.2, 0.25) is 0 Å². The quantitative estimate of drug-likeness (QED) is 0.487. The van der Waals surface area contributed by atoms with Gasteiger partial charge in [0.25, 0.3) is 0 Å². The first-order chi connectivity index (χ1) is 9.15. The predicted octanol–water partition coefficient (Wildman–Crippen LogP) is -0.0626. The number of benzene rings is 1. The van der Waals surface area contributed by atoms with Gasteiger partial charge in [-0.25, -0.2) is 4.39 Å². The molecule has 0 aliphatic carbocycles. The first kappa shape index (κ1) is 15.9. The minimum Gasteiger partial charge on any atom is -0.494 e. The second-order valence-electron chi connectivity index (χ2n) is 3.86. The van der Waals surface area contributed by atoms with Crippen molar-refractivity contribution in [2.45, 2.75) is 6.42 Å². The highest BCUT2D eigenvalue weighted by Gasteiger charge is 2.17. The Morgan fingerprint density at radius 2 is 1.95 bits per heavy atom. The molecule has 7 heteroatoms. The van der Waals surface area contributed by atoms with Crippen LogP contribution in [0.2, 0.25) is 0 Å². The van der Waals surface area contributed by atoms with Crippen LogP contribution in [-0.4, -0.2) is 50.7 Å². The molecule has 0 saturated carbocycles. The summed E-state index contributed by atoms with van der Waals surface area (Å²) in [6, 6.07) is 3.56. The molecule has 0 aromatic heterocycles. The van der Waals surface area contributed by atoms with Crippen LogP contribution in [0.25, 0.3) is 0 Å². The molecule has 1 rings (SSSR count). The van der Waals surface area contributed by atoms with E-state index in [4.69, 9.17) is 24.3 Å². The van der Waals surface area contributed by atoms with Gasteiger partial charge < -0.3 is 24.3 Å². The topological polar surface area (TPSA) is 68.2 Å². The number of hydrogen-bond donors (Lipinski definition) is 2. The lowest BCUT2D eigenvalue weighted by Crippen LogP contribution is -2.31. The van der Waals surface area contributed by atoms with Crippen LogP contribution in [0, 0.1) is 5.82 Å². The van der Waals surface area contributed by atoms with Crippen LogP contribution in [0.4, 0.5) is 4.39 Å². The fourth-order valence-electron chi connectivity index (χ4n) is 1.43. The molecule has 0 atom stereocenters. The highest BCUT2D eigenvalue weighted by molar-refractivity contribution is 6.59. The lowest BCUT2D eigenvalue weighted by Gasteiger charge is -2.11. The number of hydrogen-bond acceptors (Lipinski definition) is 5. The van der Waals surface area contributed by atoms with Crippen molar-refractivity contribution in [2.75, 3.05) is 33.5 Å². The van der Waals surface area contributed by atoms with Crippen molar-refractivity contribution in [1.29, 1.82) is 0 Å². The van der Waals surface area contributed by atoms with Crippen LogP contribution in [-0.2, 0) is 9.47 Å². The molecule has 19 heavy (non-hydrogen) atoms. The molecule has 0 aliphatic heterocycles. The fourth-order valence-corrected chi connectivity index (χ4v) is 1.43. The van der Waals surface area contributed by atoms with Gasteiger partial charge in [0.15, 0.2) is 0 Å². The van der Waals surface area contributed by atoms with Crippen molar-refractivity contribution < 1.29 is 28.6 Å². The van der Waals surface area contributed by atoms with E-state index in [2.05, 4.69) is 0 Å². The maximum atomic E-state index is 13.0. The normalized spacial score (nSPS) is 10.5. The van der Waals surface area contributed by atoms with Gasteiger partial charge in [-0.15, -0.1) is 0 Å². The van der Waals surface area contributed by atoms with Gasteiger partial charge in [0, 0.05) is 31.7 Å². The van der Waals surface area contributed by atoms with Gasteiger partial charge in [0.05, 0.1) is 19.8 Å². The minimum atomic E-state index is -1.69. The Kier molecular flexibility index (Phi) is 7.43. The Morgan fingerprint density at radius 3 is 2.63 bits per heavy atom. The zero-order valence-electron chi connectivity index (χ0n) is 10.8. The summed E-state index contributed by atoms with van der Waals surface area (Å²) < 4.78 is 28.4. The van der Waals surface area contributed by atoms with Gasteiger partial charge in [0.1, 0.15) is 11.6 Å². The summed E-state index contributed by atoms with van der Waals surface area (Å²) in [5.74, 6) is -0.359. The SMILES string of the molecule is COCCOCCCOc1cc(F)ccc1B(O)O. The Hall–Kier alpha value is -1.15. The van der Waals surface area contributed by atoms with Crippen molar-refractivity contribution in [3.05, 3.63) is 24.0 Å². The average molecular weight is 272 g/mol. The van der Waals surface area contributed by atoms with Crippen molar-refractivity contribution in [1.82, 2.24) is 0 Å². The highest BCUT2D eigenvalue weighted by atomic mass is 19.1. The highest BCUT2D eigenvalue weighted by Crippen LogP contribution is 2.10. The van der Waals surface area contributed by atoms with Gasteiger partial charge >= 0.3 is 7.12 Å². The Bertz CT molecular complexity index is 375. The molecular weight excluding hydrogens is 254 g/mol. The zero-order chi connectivity index (χ0) is 14.1. The first-order valence-electron chi connectivity index (χ1n) is 6.00. The number of halogens is 1. The number of rotatable bonds is 9. The van der Waals surface area contributed by atoms with Gasteiger partial charge in [-0.2, -0.15) is 0 Å². The zero-order valence-corrected chi connectivity index (χ0v) is 10.8. The monoisotopic (exact) mass is 272 g/mol. The molecule has 1 aromatic carbocycles. The second kappa shape index (κ2) is 8.87. The fraction of sp³-hybridized carbons (Fsp3) is 0.500. The van der Waals surface area contributed by atoms with E-state index in [1.807, 2.05) is 0 Å². The summed E-state index contributed by atoms with van der Waals surface area (Å²) in [5.41, 5.74) is 0.140. The van der Waals surface area contributed by atoms with E-state index in [1.165, 1.54) is 6.07 Å². The third-order valence-electron chi connectivity index (χ3n) is 2.38. The Balaban J connectivity index is 2.34. The van der Waals surface area contributed by atoms with Gasteiger partial charge in [-0.05, 0) is 6.07 Å². The van der Waals surface area contributed by atoms with E-state index in [0.29, 0.717) is 32.8 Å². The van der Waals surface area contributed by atoms with Crippen LogP contribution >= 0.6 is 0 Å². The lowest BCUT2D eigenvalue weighted by molar-refractivity contribution is 0.0644. The van der Waals surface area contributed by atoms with Crippen molar-refractivity contribution >= 4 is 12.6 Å². The van der Waals surface area contributed by atoms with Crippen LogP contribution in [0.15, 0.2) is 18.2 Å².